The van der Waals surface area contributed by atoms with Gasteiger partial charge in [-0.3, -0.25) is 9.48 Å². The molecule has 1 aromatic heterocycles. The highest BCUT2D eigenvalue weighted by molar-refractivity contribution is 5.81. The fourth-order valence-corrected chi connectivity index (χ4v) is 2.35. The predicted molar refractivity (Wildman–Crippen MR) is 82.8 cm³/mol. The second-order valence-electron chi connectivity index (χ2n) is 5.06. The fourth-order valence-electron chi connectivity index (χ4n) is 2.35. The smallest absolute Gasteiger partial charge is 0.242 e. The van der Waals surface area contributed by atoms with Gasteiger partial charge in [-0.1, -0.05) is 42.5 Å². The number of benzene rings is 2. The largest absolute Gasteiger partial charge is 0.350 e. The molecule has 4 heteroatoms. The Morgan fingerprint density at radius 3 is 2.76 bits per heavy atom. The van der Waals surface area contributed by atoms with Gasteiger partial charge in [0, 0.05) is 11.9 Å². The number of nitrogens with zero attached hydrogens (tertiary/aromatic N) is 2. The molecule has 3 rings (SSSR count). The summed E-state index contributed by atoms with van der Waals surface area (Å²) >= 11 is 0. The number of aromatic nitrogens is 2. The first kappa shape index (κ1) is 13.4. The van der Waals surface area contributed by atoms with E-state index in [1.54, 1.807) is 10.9 Å². The summed E-state index contributed by atoms with van der Waals surface area (Å²) in [6.45, 7) is 2.83. The van der Waals surface area contributed by atoms with E-state index in [0.29, 0.717) is 6.54 Å². The average molecular weight is 279 g/mol. The molecular formula is C17H17N3O. The molecule has 0 radical (unpaired) electrons. The summed E-state index contributed by atoms with van der Waals surface area (Å²) in [6.07, 6.45) is 1.78. The lowest BCUT2D eigenvalue weighted by atomic mass is 10.1. The van der Waals surface area contributed by atoms with Crippen molar-refractivity contribution < 1.29 is 4.79 Å². The van der Waals surface area contributed by atoms with Gasteiger partial charge in [-0.15, -0.1) is 0 Å². The van der Waals surface area contributed by atoms with Crippen LogP contribution in [0.15, 0.2) is 54.7 Å². The van der Waals surface area contributed by atoms with E-state index in [2.05, 4.69) is 10.4 Å². The highest BCUT2D eigenvalue weighted by atomic mass is 16.2. The highest BCUT2D eigenvalue weighted by Crippen LogP contribution is 2.12. The number of para-hydroxylation sites is 1. The summed E-state index contributed by atoms with van der Waals surface area (Å²) in [5.41, 5.74) is 3.29. The molecule has 0 aliphatic heterocycles. The molecule has 21 heavy (non-hydrogen) atoms. The first-order valence-electron chi connectivity index (χ1n) is 6.96. The Labute approximate surface area is 123 Å². The molecule has 0 bridgehead atoms. The van der Waals surface area contributed by atoms with E-state index in [1.807, 2.05) is 55.5 Å². The van der Waals surface area contributed by atoms with Crippen LogP contribution in [0.25, 0.3) is 10.9 Å². The molecule has 0 saturated carbocycles. The maximum Gasteiger partial charge on any atom is 0.242 e. The molecule has 4 nitrogen and oxygen atoms in total. The topological polar surface area (TPSA) is 46.9 Å². The van der Waals surface area contributed by atoms with Gasteiger partial charge in [0.2, 0.25) is 5.91 Å². The molecule has 0 unspecified atom stereocenters. The Hall–Kier alpha value is -2.62. The zero-order valence-corrected chi connectivity index (χ0v) is 11.9. The number of carbonyl (C=O) groups excluding carboxylic acids is 1. The van der Waals surface area contributed by atoms with Crippen molar-refractivity contribution >= 4 is 16.8 Å². The fraction of sp³-hybridized carbons (Fsp3) is 0.176. The van der Waals surface area contributed by atoms with Crippen LogP contribution in [0.3, 0.4) is 0 Å². The van der Waals surface area contributed by atoms with Gasteiger partial charge in [-0.25, -0.2) is 0 Å². The Morgan fingerprint density at radius 2 is 1.90 bits per heavy atom. The van der Waals surface area contributed by atoms with Crippen molar-refractivity contribution in [2.24, 2.45) is 0 Å². The van der Waals surface area contributed by atoms with E-state index in [-0.39, 0.29) is 12.5 Å². The van der Waals surface area contributed by atoms with E-state index in [1.165, 1.54) is 5.56 Å². The number of nitrogens with one attached hydrogen (secondary N) is 1. The van der Waals surface area contributed by atoms with E-state index in [4.69, 9.17) is 0 Å². The number of rotatable bonds is 4. The van der Waals surface area contributed by atoms with Gasteiger partial charge in [-0.2, -0.15) is 5.10 Å². The number of fused-ring (bicyclic) bond motifs is 1. The Bertz CT molecular complexity index is 776. The Morgan fingerprint density at radius 1 is 1.14 bits per heavy atom. The van der Waals surface area contributed by atoms with Crippen molar-refractivity contribution in [1.29, 1.82) is 0 Å². The molecule has 2 aromatic carbocycles. The number of carbonyl (C=O) groups is 1. The van der Waals surface area contributed by atoms with Crippen LogP contribution in [0.1, 0.15) is 11.1 Å². The van der Waals surface area contributed by atoms with Crippen molar-refractivity contribution in [2.75, 3.05) is 0 Å². The zero-order valence-electron chi connectivity index (χ0n) is 11.9. The molecule has 0 spiro atoms. The Balaban J connectivity index is 1.66. The SMILES string of the molecule is Cc1ccccc1CNC(=O)Cn1ncc2ccccc21. The van der Waals surface area contributed by atoms with Crippen LogP contribution >= 0.6 is 0 Å². The molecule has 3 aromatic rings. The highest BCUT2D eigenvalue weighted by Gasteiger charge is 2.07. The van der Waals surface area contributed by atoms with Crippen molar-refractivity contribution in [3.8, 4) is 0 Å². The molecule has 0 saturated heterocycles. The van der Waals surface area contributed by atoms with E-state index in [9.17, 15) is 4.79 Å². The van der Waals surface area contributed by atoms with Crippen LogP contribution in [-0.2, 0) is 17.9 Å². The third-order valence-corrected chi connectivity index (χ3v) is 3.58. The Kier molecular flexibility index (Phi) is 3.69. The summed E-state index contributed by atoms with van der Waals surface area (Å²) in [4.78, 5) is 12.1. The molecule has 0 atom stereocenters. The third-order valence-electron chi connectivity index (χ3n) is 3.58. The van der Waals surface area contributed by atoms with Crippen LogP contribution in [0, 0.1) is 6.92 Å². The molecule has 106 valence electrons. The van der Waals surface area contributed by atoms with E-state index < -0.39 is 0 Å². The molecular weight excluding hydrogens is 262 g/mol. The summed E-state index contributed by atoms with van der Waals surface area (Å²) in [7, 11) is 0. The lowest BCUT2D eigenvalue weighted by Crippen LogP contribution is -2.27. The monoisotopic (exact) mass is 279 g/mol. The summed E-state index contributed by atoms with van der Waals surface area (Å²) in [5, 5.41) is 8.25. The van der Waals surface area contributed by atoms with E-state index in [0.717, 1.165) is 16.5 Å². The maximum absolute atomic E-state index is 12.1. The normalized spacial score (nSPS) is 10.7. The van der Waals surface area contributed by atoms with Crippen LogP contribution < -0.4 is 5.32 Å². The van der Waals surface area contributed by atoms with Crippen LogP contribution in [-0.4, -0.2) is 15.7 Å². The maximum atomic E-state index is 12.1. The van der Waals surface area contributed by atoms with Gasteiger partial charge in [0.05, 0.1) is 11.7 Å². The quantitative estimate of drug-likeness (QED) is 0.798. The first-order valence-corrected chi connectivity index (χ1v) is 6.96. The number of hydrogen-bond acceptors (Lipinski definition) is 2. The van der Waals surface area contributed by atoms with Crippen LogP contribution in [0.4, 0.5) is 0 Å². The van der Waals surface area contributed by atoms with E-state index >= 15 is 0 Å². The van der Waals surface area contributed by atoms with Gasteiger partial charge in [-0.05, 0) is 24.1 Å². The van der Waals surface area contributed by atoms with Crippen molar-refractivity contribution in [3.63, 3.8) is 0 Å². The standard InChI is InChI=1S/C17H17N3O/c1-13-6-2-3-7-14(13)10-18-17(21)12-20-16-9-5-4-8-15(16)11-19-20/h2-9,11H,10,12H2,1H3,(H,18,21). The molecule has 1 N–H and O–H groups in total. The second kappa shape index (κ2) is 5.79. The summed E-state index contributed by atoms with van der Waals surface area (Å²) in [6, 6.07) is 15.9. The van der Waals surface area contributed by atoms with Gasteiger partial charge in [0.25, 0.3) is 0 Å². The molecule has 1 amide bonds. The zero-order chi connectivity index (χ0) is 14.7. The number of aryl methyl sites for hydroxylation is 1. The van der Waals surface area contributed by atoms with Gasteiger partial charge in [0.1, 0.15) is 6.54 Å². The minimum atomic E-state index is -0.0351. The molecule has 0 aliphatic rings. The number of hydrogen-bond donors (Lipinski definition) is 1. The van der Waals surface area contributed by atoms with Gasteiger partial charge < -0.3 is 5.32 Å². The minimum Gasteiger partial charge on any atom is -0.350 e. The molecule has 0 fully saturated rings. The summed E-state index contributed by atoms with van der Waals surface area (Å²) < 4.78 is 1.72. The molecule has 1 heterocycles. The van der Waals surface area contributed by atoms with Crippen molar-refractivity contribution in [1.82, 2.24) is 15.1 Å². The first-order chi connectivity index (χ1) is 10.2. The second-order valence-corrected chi connectivity index (χ2v) is 5.06. The number of amides is 1. The summed E-state index contributed by atoms with van der Waals surface area (Å²) in [5.74, 6) is -0.0351. The van der Waals surface area contributed by atoms with Gasteiger partial charge in [0.15, 0.2) is 0 Å². The predicted octanol–water partition coefficient (Wildman–Crippen LogP) is 2.66. The van der Waals surface area contributed by atoms with Crippen molar-refractivity contribution in [2.45, 2.75) is 20.0 Å². The van der Waals surface area contributed by atoms with Crippen molar-refractivity contribution in [3.05, 3.63) is 65.9 Å². The van der Waals surface area contributed by atoms with Crippen LogP contribution in [0.5, 0.6) is 0 Å². The minimum absolute atomic E-state index is 0.0351. The lowest BCUT2D eigenvalue weighted by molar-refractivity contribution is -0.121. The third kappa shape index (κ3) is 2.94. The average Bonchev–Trinajstić information content (AvgIpc) is 2.90. The van der Waals surface area contributed by atoms with Gasteiger partial charge >= 0.3 is 0 Å². The van der Waals surface area contributed by atoms with Crippen LogP contribution in [0.2, 0.25) is 0 Å². The molecule has 0 aliphatic carbocycles. The lowest BCUT2D eigenvalue weighted by Gasteiger charge is -2.08.